The Hall–Kier alpha value is -2.04. The van der Waals surface area contributed by atoms with E-state index in [1.807, 2.05) is 11.0 Å². The Morgan fingerprint density at radius 1 is 1.00 bits per heavy atom. The van der Waals surface area contributed by atoms with E-state index in [0.717, 1.165) is 18.4 Å². The van der Waals surface area contributed by atoms with Crippen LogP contribution in [0.25, 0.3) is 0 Å². The molecular formula is C18H24N2O3. The van der Waals surface area contributed by atoms with E-state index < -0.39 is 0 Å². The Morgan fingerprint density at radius 2 is 1.65 bits per heavy atom. The molecule has 0 bridgehead atoms. The number of piperazine rings is 1. The quantitative estimate of drug-likeness (QED) is 0.842. The van der Waals surface area contributed by atoms with E-state index in [0.29, 0.717) is 32.8 Å². The molecule has 3 rings (SSSR count). The minimum Gasteiger partial charge on any atom is -0.450 e. The van der Waals surface area contributed by atoms with Crippen molar-refractivity contribution >= 4 is 12.0 Å². The fraction of sp³-hybridized carbons (Fsp3) is 0.556. The highest BCUT2D eigenvalue weighted by molar-refractivity contribution is 5.94. The predicted molar refractivity (Wildman–Crippen MR) is 87.6 cm³/mol. The number of fused-ring (bicyclic) bond motifs is 1. The van der Waals surface area contributed by atoms with Crippen LogP contribution in [0.5, 0.6) is 0 Å². The van der Waals surface area contributed by atoms with Gasteiger partial charge in [-0.15, -0.1) is 0 Å². The Morgan fingerprint density at radius 3 is 2.35 bits per heavy atom. The summed E-state index contributed by atoms with van der Waals surface area (Å²) in [6.07, 6.45) is 4.38. The fourth-order valence-electron chi connectivity index (χ4n) is 3.36. The molecule has 1 aromatic carbocycles. The van der Waals surface area contributed by atoms with Gasteiger partial charge in [-0.3, -0.25) is 4.79 Å². The molecule has 1 heterocycles. The van der Waals surface area contributed by atoms with Gasteiger partial charge in [-0.25, -0.2) is 4.79 Å². The van der Waals surface area contributed by atoms with Gasteiger partial charge in [0.05, 0.1) is 6.61 Å². The molecule has 1 aromatic rings. The summed E-state index contributed by atoms with van der Waals surface area (Å²) >= 11 is 0. The number of hydrogen-bond acceptors (Lipinski definition) is 3. The lowest BCUT2D eigenvalue weighted by molar-refractivity contribution is 0.0570. The molecule has 0 N–H and O–H groups in total. The molecule has 5 heteroatoms. The molecule has 1 saturated heterocycles. The zero-order valence-electron chi connectivity index (χ0n) is 13.7. The van der Waals surface area contributed by atoms with Crippen LogP contribution in [0, 0.1) is 0 Å². The maximum Gasteiger partial charge on any atom is 0.409 e. The maximum absolute atomic E-state index is 12.7. The first-order valence-electron chi connectivity index (χ1n) is 8.52. The Kier molecular flexibility index (Phi) is 4.84. The van der Waals surface area contributed by atoms with Gasteiger partial charge in [0, 0.05) is 31.7 Å². The maximum atomic E-state index is 12.7. The Bertz CT molecular complexity index is 592. The molecule has 1 aliphatic carbocycles. The summed E-state index contributed by atoms with van der Waals surface area (Å²) < 4.78 is 5.01. The number of amides is 2. The van der Waals surface area contributed by atoms with Crippen LogP contribution in [0.1, 0.15) is 41.3 Å². The first kappa shape index (κ1) is 15.8. The van der Waals surface area contributed by atoms with Crippen molar-refractivity contribution in [2.75, 3.05) is 32.8 Å². The SMILES string of the molecule is CCOC(=O)N1CCN(C(=O)c2ccc3c(c2)CCCC3)CC1. The number of aryl methyl sites for hydroxylation is 2. The molecule has 0 unspecified atom stereocenters. The molecule has 0 aromatic heterocycles. The molecule has 124 valence electrons. The van der Waals surface area contributed by atoms with Crippen LogP contribution in [-0.2, 0) is 17.6 Å². The van der Waals surface area contributed by atoms with Crippen molar-refractivity contribution in [2.45, 2.75) is 32.6 Å². The summed E-state index contributed by atoms with van der Waals surface area (Å²) in [5.74, 6) is 0.0712. The van der Waals surface area contributed by atoms with E-state index in [1.54, 1.807) is 11.8 Å². The molecule has 0 saturated carbocycles. The normalized spacial score (nSPS) is 17.6. The molecular weight excluding hydrogens is 292 g/mol. The fourth-order valence-corrected chi connectivity index (χ4v) is 3.36. The number of nitrogens with zero attached hydrogens (tertiary/aromatic N) is 2. The van der Waals surface area contributed by atoms with Crippen LogP contribution >= 0.6 is 0 Å². The van der Waals surface area contributed by atoms with Gasteiger partial charge in [-0.05, 0) is 55.9 Å². The molecule has 2 amide bonds. The first-order chi connectivity index (χ1) is 11.2. The average Bonchev–Trinajstić information content (AvgIpc) is 2.61. The number of ether oxygens (including phenoxy) is 1. The molecule has 0 atom stereocenters. The van der Waals surface area contributed by atoms with Crippen molar-refractivity contribution in [3.63, 3.8) is 0 Å². The van der Waals surface area contributed by atoms with Crippen molar-refractivity contribution in [3.05, 3.63) is 34.9 Å². The summed E-state index contributed by atoms with van der Waals surface area (Å²) in [7, 11) is 0. The number of rotatable bonds is 2. The summed E-state index contributed by atoms with van der Waals surface area (Å²) in [6.45, 7) is 4.38. The highest BCUT2D eigenvalue weighted by Crippen LogP contribution is 2.23. The van der Waals surface area contributed by atoms with Crippen LogP contribution < -0.4 is 0 Å². The molecule has 1 aliphatic heterocycles. The highest BCUT2D eigenvalue weighted by atomic mass is 16.6. The van der Waals surface area contributed by atoms with Crippen molar-refractivity contribution < 1.29 is 14.3 Å². The predicted octanol–water partition coefficient (Wildman–Crippen LogP) is 2.48. The zero-order chi connectivity index (χ0) is 16.2. The van der Waals surface area contributed by atoms with Gasteiger partial charge < -0.3 is 14.5 Å². The minimum absolute atomic E-state index is 0.0712. The number of hydrogen-bond donors (Lipinski definition) is 0. The number of carbonyl (C=O) groups excluding carboxylic acids is 2. The van der Waals surface area contributed by atoms with Crippen LogP contribution in [0.15, 0.2) is 18.2 Å². The monoisotopic (exact) mass is 316 g/mol. The lowest BCUT2D eigenvalue weighted by Crippen LogP contribution is -2.50. The minimum atomic E-state index is -0.284. The first-order valence-corrected chi connectivity index (χ1v) is 8.52. The highest BCUT2D eigenvalue weighted by Gasteiger charge is 2.26. The van der Waals surface area contributed by atoms with Crippen molar-refractivity contribution in [1.29, 1.82) is 0 Å². The van der Waals surface area contributed by atoms with Crippen molar-refractivity contribution in [2.24, 2.45) is 0 Å². The van der Waals surface area contributed by atoms with E-state index in [4.69, 9.17) is 4.74 Å². The standard InChI is InChI=1S/C18H24N2O3/c1-2-23-18(22)20-11-9-19(10-12-20)17(21)16-8-7-14-5-3-4-6-15(14)13-16/h7-8,13H,2-6,9-12H2,1H3. The zero-order valence-corrected chi connectivity index (χ0v) is 13.7. The van der Waals surface area contributed by atoms with Gasteiger partial charge >= 0.3 is 6.09 Å². The molecule has 1 fully saturated rings. The van der Waals surface area contributed by atoms with E-state index >= 15 is 0 Å². The van der Waals surface area contributed by atoms with E-state index in [9.17, 15) is 9.59 Å². The second-order valence-corrected chi connectivity index (χ2v) is 6.17. The van der Waals surface area contributed by atoms with Gasteiger partial charge in [0.1, 0.15) is 0 Å². The van der Waals surface area contributed by atoms with Gasteiger partial charge in [0.15, 0.2) is 0 Å². The molecule has 5 nitrogen and oxygen atoms in total. The lowest BCUT2D eigenvalue weighted by atomic mass is 9.90. The van der Waals surface area contributed by atoms with Gasteiger partial charge in [0.25, 0.3) is 5.91 Å². The van der Waals surface area contributed by atoms with E-state index in [1.165, 1.54) is 24.0 Å². The van der Waals surface area contributed by atoms with Crippen LogP contribution in [0.2, 0.25) is 0 Å². The van der Waals surface area contributed by atoms with Crippen LogP contribution in [-0.4, -0.2) is 54.6 Å². The summed E-state index contributed by atoms with van der Waals surface area (Å²) in [4.78, 5) is 27.9. The summed E-state index contributed by atoms with van der Waals surface area (Å²) in [5.41, 5.74) is 3.49. The molecule has 2 aliphatic rings. The van der Waals surface area contributed by atoms with Crippen LogP contribution in [0.3, 0.4) is 0 Å². The Labute approximate surface area is 137 Å². The van der Waals surface area contributed by atoms with Gasteiger partial charge in [0.2, 0.25) is 0 Å². The molecule has 0 spiro atoms. The second-order valence-electron chi connectivity index (χ2n) is 6.17. The van der Waals surface area contributed by atoms with Gasteiger partial charge in [-0.2, -0.15) is 0 Å². The third kappa shape index (κ3) is 3.49. The third-order valence-corrected chi connectivity index (χ3v) is 4.69. The number of carbonyl (C=O) groups is 2. The van der Waals surface area contributed by atoms with Gasteiger partial charge in [-0.1, -0.05) is 6.07 Å². The lowest BCUT2D eigenvalue weighted by Gasteiger charge is -2.34. The van der Waals surface area contributed by atoms with E-state index in [-0.39, 0.29) is 12.0 Å². The Balaban J connectivity index is 1.62. The smallest absolute Gasteiger partial charge is 0.409 e. The van der Waals surface area contributed by atoms with E-state index in [2.05, 4.69) is 12.1 Å². The molecule has 0 radical (unpaired) electrons. The molecule has 23 heavy (non-hydrogen) atoms. The van der Waals surface area contributed by atoms with Crippen molar-refractivity contribution in [3.8, 4) is 0 Å². The third-order valence-electron chi connectivity index (χ3n) is 4.69. The summed E-state index contributed by atoms with van der Waals surface area (Å²) in [5, 5.41) is 0. The van der Waals surface area contributed by atoms with Crippen LogP contribution in [0.4, 0.5) is 4.79 Å². The largest absolute Gasteiger partial charge is 0.450 e. The topological polar surface area (TPSA) is 49.9 Å². The number of benzene rings is 1. The second kappa shape index (κ2) is 7.02. The van der Waals surface area contributed by atoms with Crippen molar-refractivity contribution in [1.82, 2.24) is 9.80 Å². The average molecular weight is 316 g/mol. The summed E-state index contributed by atoms with van der Waals surface area (Å²) in [6, 6.07) is 6.12.